The van der Waals surface area contributed by atoms with E-state index in [2.05, 4.69) is 22.3 Å². The van der Waals surface area contributed by atoms with Gasteiger partial charge in [0.1, 0.15) is 0 Å². The third-order valence-electron chi connectivity index (χ3n) is 4.93. The molecule has 0 aliphatic carbocycles. The van der Waals surface area contributed by atoms with E-state index in [9.17, 15) is 4.79 Å². The summed E-state index contributed by atoms with van der Waals surface area (Å²) in [6, 6.07) is 11.4. The van der Waals surface area contributed by atoms with Crippen LogP contribution >= 0.6 is 23.2 Å². The molecule has 1 saturated heterocycles. The van der Waals surface area contributed by atoms with Crippen LogP contribution in [0, 0.1) is 0 Å². The van der Waals surface area contributed by atoms with Gasteiger partial charge in [0.15, 0.2) is 11.5 Å². The van der Waals surface area contributed by atoms with Crippen molar-refractivity contribution in [3.63, 3.8) is 0 Å². The summed E-state index contributed by atoms with van der Waals surface area (Å²) in [5.74, 6) is 0.889. The summed E-state index contributed by atoms with van der Waals surface area (Å²) in [6.45, 7) is 2.91. The van der Waals surface area contributed by atoms with Crippen LogP contribution in [-0.2, 0) is 6.54 Å². The van der Waals surface area contributed by atoms with Crippen molar-refractivity contribution < 1.29 is 14.3 Å². The molecule has 5 nitrogen and oxygen atoms in total. The SMILES string of the molecule is O=C(NC1CCN(Cc2ccc(Cl)cc2)CC1)c1cc(Cl)c2c(c1)OCO2. The first-order valence-corrected chi connectivity index (χ1v) is 9.71. The second kappa shape index (κ2) is 7.97. The summed E-state index contributed by atoms with van der Waals surface area (Å²) >= 11 is 12.1. The first kappa shape index (κ1) is 18.4. The highest BCUT2D eigenvalue weighted by Gasteiger charge is 2.24. The first-order valence-electron chi connectivity index (χ1n) is 8.95. The Balaban J connectivity index is 1.31. The van der Waals surface area contributed by atoms with Crippen molar-refractivity contribution in [2.45, 2.75) is 25.4 Å². The maximum atomic E-state index is 12.6. The average molecular weight is 407 g/mol. The normalized spacial score (nSPS) is 17.1. The van der Waals surface area contributed by atoms with Crippen molar-refractivity contribution in [2.75, 3.05) is 19.9 Å². The number of benzene rings is 2. The second-order valence-corrected chi connectivity index (χ2v) is 7.69. The number of halogens is 2. The van der Waals surface area contributed by atoms with E-state index < -0.39 is 0 Å². The van der Waals surface area contributed by atoms with Crippen molar-refractivity contribution in [2.24, 2.45) is 0 Å². The zero-order valence-corrected chi connectivity index (χ0v) is 16.2. The molecule has 2 heterocycles. The fraction of sp³-hybridized carbons (Fsp3) is 0.350. The molecule has 2 aromatic rings. The van der Waals surface area contributed by atoms with Crippen molar-refractivity contribution in [3.05, 3.63) is 57.6 Å². The Morgan fingerprint density at radius 2 is 1.85 bits per heavy atom. The summed E-state index contributed by atoms with van der Waals surface area (Å²) in [5.41, 5.74) is 1.74. The van der Waals surface area contributed by atoms with E-state index in [0.29, 0.717) is 22.1 Å². The lowest BCUT2D eigenvalue weighted by molar-refractivity contribution is 0.0908. The van der Waals surface area contributed by atoms with Crippen LogP contribution in [-0.4, -0.2) is 36.7 Å². The monoisotopic (exact) mass is 406 g/mol. The van der Waals surface area contributed by atoms with E-state index >= 15 is 0 Å². The number of nitrogens with one attached hydrogen (secondary N) is 1. The van der Waals surface area contributed by atoms with Gasteiger partial charge in [-0.1, -0.05) is 35.3 Å². The van der Waals surface area contributed by atoms with Gasteiger partial charge in [0.25, 0.3) is 5.91 Å². The standard InChI is InChI=1S/C20H20Cl2N2O3/c21-15-3-1-13(2-4-15)11-24-7-5-16(6-8-24)23-20(25)14-9-17(22)19-18(10-14)26-12-27-19/h1-4,9-10,16H,5-8,11-12H2,(H,23,25). The molecule has 2 aliphatic heterocycles. The Morgan fingerprint density at radius 1 is 1.11 bits per heavy atom. The van der Waals surface area contributed by atoms with E-state index in [1.54, 1.807) is 12.1 Å². The third-order valence-corrected chi connectivity index (χ3v) is 5.46. The number of piperidine rings is 1. The molecule has 0 saturated carbocycles. The fourth-order valence-electron chi connectivity index (χ4n) is 3.45. The molecule has 142 valence electrons. The summed E-state index contributed by atoms with van der Waals surface area (Å²) < 4.78 is 10.6. The number of carbonyl (C=O) groups excluding carboxylic acids is 1. The molecular formula is C20H20Cl2N2O3. The van der Waals surface area contributed by atoms with Crippen molar-refractivity contribution in [1.29, 1.82) is 0 Å². The number of fused-ring (bicyclic) bond motifs is 1. The Morgan fingerprint density at radius 3 is 2.59 bits per heavy atom. The fourth-order valence-corrected chi connectivity index (χ4v) is 3.84. The Kier molecular flexibility index (Phi) is 5.43. The lowest BCUT2D eigenvalue weighted by Crippen LogP contribution is -2.44. The van der Waals surface area contributed by atoms with Crippen LogP contribution in [0.4, 0.5) is 0 Å². The predicted octanol–water partition coefficient (Wildman–Crippen LogP) is 4.12. The number of ether oxygens (including phenoxy) is 2. The van der Waals surface area contributed by atoms with Crippen molar-refractivity contribution >= 4 is 29.1 Å². The number of hydrogen-bond donors (Lipinski definition) is 1. The molecule has 0 atom stereocenters. The summed E-state index contributed by atoms with van der Waals surface area (Å²) in [4.78, 5) is 15.0. The smallest absolute Gasteiger partial charge is 0.251 e. The maximum absolute atomic E-state index is 12.6. The van der Waals surface area contributed by atoms with Crippen molar-refractivity contribution in [1.82, 2.24) is 10.2 Å². The highest BCUT2D eigenvalue weighted by Crippen LogP contribution is 2.39. The van der Waals surface area contributed by atoms with Gasteiger partial charge < -0.3 is 14.8 Å². The molecule has 27 heavy (non-hydrogen) atoms. The van der Waals surface area contributed by atoms with E-state index in [-0.39, 0.29) is 18.7 Å². The Labute approximate surface area is 168 Å². The van der Waals surface area contributed by atoms with E-state index in [4.69, 9.17) is 32.7 Å². The molecule has 0 aromatic heterocycles. The molecule has 0 unspecified atom stereocenters. The molecule has 1 amide bonds. The molecular weight excluding hydrogens is 387 g/mol. The molecule has 4 rings (SSSR count). The van der Waals surface area contributed by atoms with Gasteiger partial charge in [0, 0.05) is 36.3 Å². The van der Waals surface area contributed by atoms with Crippen LogP contribution < -0.4 is 14.8 Å². The lowest BCUT2D eigenvalue weighted by Gasteiger charge is -2.32. The number of rotatable bonds is 4. The molecule has 1 N–H and O–H groups in total. The highest BCUT2D eigenvalue weighted by molar-refractivity contribution is 6.32. The number of likely N-dealkylation sites (tertiary alicyclic amines) is 1. The summed E-state index contributed by atoms with van der Waals surface area (Å²) in [7, 11) is 0. The van der Waals surface area contributed by atoms with Gasteiger partial charge in [-0.05, 0) is 42.7 Å². The third kappa shape index (κ3) is 4.32. The molecule has 7 heteroatoms. The topological polar surface area (TPSA) is 50.8 Å². The van der Waals surface area contributed by atoms with Crippen LogP contribution in [0.15, 0.2) is 36.4 Å². The molecule has 2 aliphatic rings. The minimum absolute atomic E-state index is 0.131. The number of nitrogens with zero attached hydrogens (tertiary/aromatic N) is 1. The van der Waals surface area contributed by atoms with Gasteiger partial charge in [-0.3, -0.25) is 9.69 Å². The van der Waals surface area contributed by atoms with Crippen LogP contribution in [0.1, 0.15) is 28.8 Å². The summed E-state index contributed by atoms with van der Waals surface area (Å²) in [5, 5.41) is 4.26. The predicted molar refractivity (Wildman–Crippen MR) is 105 cm³/mol. The van der Waals surface area contributed by atoms with E-state index in [1.807, 2.05) is 12.1 Å². The van der Waals surface area contributed by atoms with Crippen LogP contribution in [0.2, 0.25) is 10.0 Å². The van der Waals surface area contributed by atoms with Crippen LogP contribution in [0.5, 0.6) is 11.5 Å². The minimum atomic E-state index is -0.133. The first-order chi connectivity index (χ1) is 13.1. The van der Waals surface area contributed by atoms with Crippen molar-refractivity contribution in [3.8, 4) is 11.5 Å². The van der Waals surface area contributed by atoms with Crippen LogP contribution in [0.25, 0.3) is 0 Å². The van der Waals surface area contributed by atoms with Gasteiger partial charge in [-0.2, -0.15) is 0 Å². The number of amides is 1. The van der Waals surface area contributed by atoms with Crippen LogP contribution in [0.3, 0.4) is 0 Å². The number of carbonyl (C=O) groups is 1. The lowest BCUT2D eigenvalue weighted by atomic mass is 10.0. The average Bonchev–Trinajstić information content (AvgIpc) is 3.14. The zero-order chi connectivity index (χ0) is 18.8. The quantitative estimate of drug-likeness (QED) is 0.829. The van der Waals surface area contributed by atoms with E-state index in [0.717, 1.165) is 37.5 Å². The Bertz CT molecular complexity index is 834. The van der Waals surface area contributed by atoms with Gasteiger partial charge in [-0.25, -0.2) is 0 Å². The largest absolute Gasteiger partial charge is 0.454 e. The van der Waals surface area contributed by atoms with Gasteiger partial charge in [0.05, 0.1) is 5.02 Å². The molecule has 0 bridgehead atoms. The van der Waals surface area contributed by atoms with Gasteiger partial charge in [-0.15, -0.1) is 0 Å². The van der Waals surface area contributed by atoms with E-state index in [1.165, 1.54) is 5.56 Å². The molecule has 0 spiro atoms. The zero-order valence-electron chi connectivity index (χ0n) is 14.7. The maximum Gasteiger partial charge on any atom is 0.251 e. The Hall–Kier alpha value is -1.95. The minimum Gasteiger partial charge on any atom is -0.454 e. The number of hydrogen-bond acceptors (Lipinski definition) is 4. The highest BCUT2D eigenvalue weighted by atomic mass is 35.5. The van der Waals surface area contributed by atoms with Gasteiger partial charge >= 0.3 is 0 Å². The molecule has 1 fully saturated rings. The second-order valence-electron chi connectivity index (χ2n) is 6.84. The molecule has 0 radical (unpaired) electrons. The summed E-state index contributed by atoms with van der Waals surface area (Å²) in [6.07, 6.45) is 1.83. The molecule has 2 aromatic carbocycles. The van der Waals surface area contributed by atoms with Gasteiger partial charge in [0.2, 0.25) is 6.79 Å².